The van der Waals surface area contributed by atoms with Crippen molar-refractivity contribution in [2.24, 2.45) is 0 Å². The van der Waals surface area contributed by atoms with Gasteiger partial charge in [0.15, 0.2) is 34.9 Å². The third kappa shape index (κ3) is 14.8. The molecule has 0 amide bonds. The molecule has 0 saturated heterocycles. The fraction of sp³-hybridized carbons (Fsp3) is 0. The van der Waals surface area contributed by atoms with Gasteiger partial charge in [0.2, 0.25) is 0 Å². The van der Waals surface area contributed by atoms with Crippen molar-refractivity contribution in [1.82, 2.24) is 39.0 Å². The molecule has 0 aliphatic heterocycles. The van der Waals surface area contributed by atoms with Crippen LogP contribution in [-0.4, -0.2) is 39.0 Å². The van der Waals surface area contributed by atoms with Crippen LogP contribution in [0.4, 0.5) is 0 Å². The molecule has 0 N–H and O–H groups in total. The van der Waals surface area contributed by atoms with E-state index < -0.39 is 0 Å². The van der Waals surface area contributed by atoms with E-state index in [-0.39, 0.29) is 0 Å². The lowest BCUT2D eigenvalue weighted by atomic mass is 9.96. The Morgan fingerprint density at radius 3 is 0.656 bits per heavy atom. The lowest BCUT2D eigenvalue weighted by Crippen LogP contribution is -2.01. The van der Waals surface area contributed by atoms with Crippen molar-refractivity contribution in [2.75, 3.05) is 0 Å². The molecule has 572 valence electrons. The highest BCUT2D eigenvalue weighted by atomic mass is 15.0. The van der Waals surface area contributed by atoms with E-state index in [0.29, 0.717) is 34.9 Å². The molecule has 0 bridgehead atoms. The summed E-state index contributed by atoms with van der Waals surface area (Å²) in [4.78, 5) is 31.0. The number of hydrogen-bond acceptors (Lipinski definition) is 6. The van der Waals surface area contributed by atoms with E-state index in [0.717, 1.165) is 122 Å². The maximum atomic E-state index is 5.24. The Labute approximate surface area is 707 Å². The minimum atomic E-state index is 0.611. The van der Waals surface area contributed by atoms with Crippen LogP contribution in [0, 0.1) is 0 Å². The van der Waals surface area contributed by atoms with Crippen LogP contribution in [0.2, 0.25) is 0 Å². The van der Waals surface area contributed by atoms with E-state index in [2.05, 4.69) is 440 Å². The largest absolute Gasteiger partial charge is 0.309 e. The molecule has 0 aliphatic carbocycles. The van der Waals surface area contributed by atoms with Crippen molar-refractivity contribution in [2.45, 2.75) is 0 Å². The molecule has 22 rings (SSSR count). The number of nitrogens with zero attached hydrogens (tertiary/aromatic N) is 8. The molecule has 0 atom stereocenters. The highest BCUT2D eigenvalue weighted by Gasteiger charge is 2.21. The average molecular weight is 1560 g/mol. The molecule has 0 radical (unpaired) electrons. The Morgan fingerprint density at radius 1 is 0.115 bits per heavy atom. The topological polar surface area (TPSA) is 87.2 Å². The molecule has 0 spiro atoms. The minimum Gasteiger partial charge on any atom is -0.309 e. The quantitative estimate of drug-likeness (QED) is 0.0958. The Kier molecular flexibility index (Phi) is 19.6. The van der Waals surface area contributed by atoms with E-state index in [1.165, 1.54) is 54.9 Å². The number of hydrogen-bond donors (Lipinski definition) is 0. The normalized spacial score (nSPS) is 11.3. The third-order valence-corrected chi connectivity index (χ3v) is 22.9. The van der Waals surface area contributed by atoms with Gasteiger partial charge in [-0.3, -0.25) is 0 Å². The second kappa shape index (κ2) is 32.6. The van der Waals surface area contributed by atoms with Gasteiger partial charge < -0.3 is 9.13 Å². The Morgan fingerprint density at radius 2 is 0.311 bits per heavy atom. The van der Waals surface area contributed by atoms with Gasteiger partial charge in [-0.2, -0.15) is 0 Å². The molecule has 8 nitrogen and oxygen atoms in total. The summed E-state index contributed by atoms with van der Waals surface area (Å²) in [7, 11) is 0. The first kappa shape index (κ1) is 73.2. The predicted octanol–water partition coefficient (Wildman–Crippen LogP) is 29.3. The maximum Gasteiger partial charge on any atom is 0.164 e. The maximum absolute atomic E-state index is 5.24. The fourth-order valence-electron chi connectivity index (χ4n) is 16.8. The SMILES string of the molecule is c1ccc(-c2ccc(-c3nc(-c4ccc(-n5c6ccccc6c6cc(-c7ccccc7)ccc65)cc4)nc(-c4cc(-c5ccccc5)cc(-c5ccccc5)c4)n3)cc2)cc1.c1ccc(-c2cccc(-c3ccc(-c4nc(-c5ccc(-n6c7ccccc7c7cc(-c8ccccc8)ccc76)cc5)nc(-c5cccc(-c6ccccc6)c5)n4)cc3)c2)cc1. The molecule has 0 aliphatic rings. The highest BCUT2D eigenvalue weighted by Crippen LogP contribution is 2.41. The Hall–Kier alpha value is -16.4. The molecule has 0 saturated carbocycles. The minimum absolute atomic E-state index is 0.611. The molecule has 4 heterocycles. The zero-order chi connectivity index (χ0) is 81.1. The molecule has 122 heavy (non-hydrogen) atoms. The molecule has 8 heteroatoms. The van der Waals surface area contributed by atoms with Crippen LogP contribution >= 0.6 is 0 Å². The summed E-state index contributed by atoms with van der Waals surface area (Å²) >= 11 is 0. The van der Waals surface area contributed by atoms with Crippen molar-refractivity contribution >= 4 is 43.6 Å². The second-order valence-corrected chi connectivity index (χ2v) is 30.6. The first-order valence-corrected chi connectivity index (χ1v) is 41.2. The van der Waals surface area contributed by atoms with Gasteiger partial charge in [-0.05, 0) is 204 Å². The summed E-state index contributed by atoms with van der Waals surface area (Å²) in [6.45, 7) is 0. The lowest BCUT2D eigenvalue weighted by molar-refractivity contribution is 1.07. The summed E-state index contributed by atoms with van der Waals surface area (Å²) in [5.74, 6) is 3.70. The van der Waals surface area contributed by atoms with E-state index >= 15 is 0 Å². The molecule has 0 unspecified atom stereocenters. The van der Waals surface area contributed by atoms with Crippen LogP contribution in [0.15, 0.2) is 461 Å². The van der Waals surface area contributed by atoms with Gasteiger partial charge in [0.1, 0.15) is 0 Å². The second-order valence-electron chi connectivity index (χ2n) is 30.6. The van der Waals surface area contributed by atoms with Gasteiger partial charge in [-0.25, -0.2) is 29.9 Å². The summed E-state index contributed by atoms with van der Waals surface area (Å²) in [5, 5.41) is 4.88. The summed E-state index contributed by atoms with van der Waals surface area (Å²) in [5.41, 5.74) is 30.8. The monoisotopic (exact) mass is 1560 g/mol. The van der Waals surface area contributed by atoms with Gasteiger partial charge >= 0.3 is 0 Å². The molecular formula is C114H76N8. The van der Waals surface area contributed by atoms with Crippen LogP contribution in [0.1, 0.15) is 0 Å². The molecule has 18 aromatic carbocycles. The van der Waals surface area contributed by atoms with Crippen molar-refractivity contribution < 1.29 is 0 Å². The van der Waals surface area contributed by atoms with Crippen molar-refractivity contribution in [3.05, 3.63) is 461 Å². The summed E-state index contributed by atoms with van der Waals surface area (Å²) < 4.78 is 4.70. The first-order valence-electron chi connectivity index (χ1n) is 41.2. The van der Waals surface area contributed by atoms with E-state index in [9.17, 15) is 0 Å². The van der Waals surface area contributed by atoms with Crippen molar-refractivity contribution in [3.8, 4) is 169 Å². The van der Waals surface area contributed by atoms with Crippen LogP contribution in [-0.2, 0) is 0 Å². The average Bonchev–Trinajstić information content (AvgIpc) is 1.59. The molecule has 4 aromatic heterocycles. The number of para-hydroxylation sites is 2. The standard InChI is InChI=1S/2C57H38N4/c1-5-15-39(16-6-1)43-25-27-44(28-26-43)55-58-56(60-57(59-55)49-36-47(41-19-9-3-10-20-41)35-48(37-49)42-21-11-4-12-22-42)45-29-32-50(33-30-45)61-53-24-14-13-23-51(53)52-38-46(31-34-54(52)61)40-17-7-2-8-18-40;1-4-14-39(15-5-1)45-20-12-21-46(36-45)42-26-28-43(29-27-42)55-58-56(60-57(59-55)49-23-13-22-47(37-49)40-16-6-2-7-17-40)44-30-33-50(34-31-44)61-53-25-11-10-24-51(53)52-38-48(32-35-54(52)61)41-18-8-3-9-19-41/h2*1-38H. The van der Waals surface area contributed by atoms with Gasteiger partial charge in [-0.1, -0.05) is 346 Å². The molecule has 0 fully saturated rings. The zero-order valence-electron chi connectivity index (χ0n) is 66.5. The van der Waals surface area contributed by atoms with Crippen molar-refractivity contribution in [1.29, 1.82) is 0 Å². The zero-order valence-corrected chi connectivity index (χ0v) is 66.5. The Bertz CT molecular complexity index is 7470. The number of aromatic nitrogens is 8. The number of rotatable bonds is 16. The third-order valence-electron chi connectivity index (χ3n) is 22.9. The van der Waals surface area contributed by atoms with Crippen LogP contribution in [0.3, 0.4) is 0 Å². The van der Waals surface area contributed by atoms with Gasteiger partial charge in [0.05, 0.1) is 22.1 Å². The molecule has 22 aromatic rings. The highest BCUT2D eigenvalue weighted by molar-refractivity contribution is 6.12. The van der Waals surface area contributed by atoms with Crippen molar-refractivity contribution in [3.63, 3.8) is 0 Å². The Balaban J connectivity index is 0.000000150. The van der Waals surface area contributed by atoms with Crippen LogP contribution < -0.4 is 0 Å². The van der Waals surface area contributed by atoms with E-state index in [1.807, 2.05) is 30.3 Å². The fourth-order valence-corrected chi connectivity index (χ4v) is 16.8. The summed E-state index contributed by atoms with van der Waals surface area (Å²) in [6.07, 6.45) is 0. The smallest absolute Gasteiger partial charge is 0.164 e. The molecular weight excluding hydrogens is 1480 g/mol. The lowest BCUT2D eigenvalue weighted by Gasteiger charge is -2.13. The van der Waals surface area contributed by atoms with Gasteiger partial charge in [0.25, 0.3) is 0 Å². The first-order chi connectivity index (χ1) is 60.4. The van der Waals surface area contributed by atoms with Crippen LogP contribution in [0.5, 0.6) is 0 Å². The summed E-state index contributed by atoms with van der Waals surface area (Å²) in [6, 6.07) is 162. The predicted molar refractivity (Wildman–Crippen MR) is 504 cm³/mol. The van der Waals surface area contributed by atoms with Crippen LogP contribution in [0.25, 0.3) is 212 Å². The number of benzene rings is 18. The van der Waals surface area contributed by atoms with E-state index in [1.54, 1.807) is 0 Å². The van der Waals surface area contributed by atoms with Gasteiger partial charge in [-0.15, -0.1) is 0 Å². The van der Waals surface area contributed by atoms with E-state index in [4.69, 9.17) is 29.9 Å². The number of fused-ring (bicyclic) bond motifs is 6. The van der Waals surface area contributed by atoms with Gasteiger partial charge in [0, 0.05) is 66.3 Å².